The van der Waals surface area contributed by atoms with Crippen molar-refractivity contribution in [2.75, 3.05) is 33.9 Å². The molecule has 2 N–H and O–H groups in total. The number of nitrogens with zero attached hydrogens (tertiary/aromatic N) is 1. The molecule has 0 aliphatic carbocycles. The second-order valence-corrected chi connectivity index (χ2v) is 4.67. The Kier molecular flexibility index (Phi) is 7.34. The maximum atomic E-state index is 11.6. The first-order valence-corrected chi connectivity index (χ1v) is 6.00. The van der Waals surface area contributed by atoms with Crippen LogP contribution in [-0.4, -0.2) is 56.4 Å². The summed E-state index contributed by atoms with van der Waals surface area (Å²) in [5.74, 6) is -0.340. The van der Waals surface area contributed by atoms with Gasteiger partial charge in [-0.15, -0.1) is 0 Å². The lowest BCUT2D eigenvalue weighted by Crippen LogP contribution is -2.49. The number of nitrogens with two attached hydrogens (primary N) is 1. The molecule has 0 rings (SSSR count). The third-order valence-corrected chi connectivity index (χ3v) is 2.89. The molecule has 0 aliphatic rings. The molecular formula is C12H26N2O3. The van der Waals surface area contributed by atoms with Crippen LogP contribution < -0.4 is 5.73 Å². The minimum Gasteiger partial charge on any atom is -0.465 e. The van der Waals surface area contributed by atoms with Crippen molar-refractivity contribution in [2.45, 2.75) is 38.8 Å². The summed E-state index contributed by atoms with van der Waals surface area (Å²) >= 11 is 0. The summed E-state index contributed by atoms with van der Waals surface area (Å²) in [5, 5.41) is 0. The molecule has 2 unspecified atom stereocenters. The molecule has 0 aliphatic heterocycles. The first kappa shape index (κ1) is 16.4. The lowest BCUT2D eigenvalue weighted by Gasteiger charge is -2.28. The predicted molar refractivity (Wildman–Crippen MR) is 67.8 cm³/mol. The van der Waals surface area contributed by atoms with E-state index in [1.165, 1.54) is 0 Å². The van der Waals surface area contributed by atoms with E-state index in [0.717, 1.165) is 6.54 Å². The molecule has 17 heavy (non-hydrogen) atoms. The smallest absolute Gasteiger partial charge is 0.325 e. The van der Waals surface area contributed by atoms with Gasteiger partial charge in [-0.3, -0.25) is 4.79 Å². The molecule has 0 bridgehead atoms. The molecule has 2 atom stereocenters. The zero-order valence-corrected chi connectivity index (χ0v) is 11.7. The minimum absolute atomic E-state index is 0.304. The number of rotatable bonds is 8. The van der Waals surface area contributed by atoms with Crippen molar-refractivity contribution in [1.29, 1.82) is 0 Å². The molecule has 0 saturated heterocycles. The standard InChI is InChI=1S/C12H26N2O3/c1-6-17-11(15)12(3,13)7-8-14(4)10(2)9-16-5/h10H,6-9,13H2,1-5H3. The Morgan fingerprint density at radius 2 is 2.12 bits per heavy atom. The normalized spacial score (nSPS) is 16.6. The fourth-order valence-electron chi connectivity index (χ4n) is 1.40. The topological polar surface area (TPSA) is 64.8 Å². The van der Waals surface area contributed by atoms with Crippen LogP contribution in [0.15, 0.2) is 0 Å². The minimum atomic E-state index is -0.920. The maximum absolute atomic E-state index is 11.6. The van der Waals surface area contributed by atoms with Crippen LogP contribution in [0.5, 0.6) is 0 Å². The Hall–Kier alpha value is -0.650. The van der Waals surface area contributed by atoms with Gasteiger partial charge < -0.3 is 20.1 Å². The van der Waals surface area contributed by atoms with E-state index in [9.17, 15) is 4.79 Å². The van der Waals surface area contributed by atoms with Gasteiger partial charge in [0.05, 0.1) is 13.2 Å². The highest BCUT2D eigenvalue weighted by molar-refractivity contribution is 5.79. The zero-order chi connectivity index (χ0) is 13.5. The van der Waals surface area contributed by atoms with E-state index in [-0.39, 0.29) is 5.97 Å². The Labute approximate surface area is 104 Å². The van der Waals surface area contributed by atoms with Gasteiger partial charge in [-0.1, -0.05) is 0 Å². The molecule has 0 fully saturated rings. The monoisotopic (exact) mass is 246 g/mol. The molecule has 0 aromatic heterocycles. The molecule has 0 aromatic rings. The molecular weight excluding hydrogens is 220 g/mol. The van der Waals surface area contributed by atoms with Gasteiger partial charge in [0.25, 0.3) is 0 Å². The third kappa shape index (κ3) is 6.00. The number of likely N-dealkylation sites (N-methyl/N-ethyl adjacent to an activating group) is 1. The fraction of sp³-hybridized carbons (Fsp3) is 0.917. The number of hydrogen-bond acceptors (Lipinski definition) is 5. The van der Waals surface area contributed by atoms with E-state index in [1.807, 2.05) is 7.05 Å². The molecule has 0 radical (unpaired) electrons. The first-order chi connectivity index (χ1) is 7.85. The predicted octanol–water partition coefficient (Wildman–Crippen LogP) is 0.624. The van der Waals surface area contributed by atoms with Crippen molar-refractivity contribution in [3.05, 3.63) is 0 Å². The number of methoxy groups -OCH3 is 1. The third-order valence-electron chi connectivity index (χ3n) is 2.89. The lowest BCUT2D eigenvalue weighted by atomic mass is 9.99. The van der Waals surface area contributed by atoms with Gasteiger partial charge in [-0.25, -0.2) is 0 Å². The summed E-state index contributed by atoms with van der Waals surface area (Å²) in [5.41, 5.74) is 5.02. The van der Waals surface area contributed by atoms with Crippen molar-refractivity contribution in [2.24, 2.45) is 5.73 Å². The second-order valence-electron chi connectivity index (χ2n) is 4.67. The lowest BCUT2D eigenvalue weighted by molar-refractivity contribution is -0.149. The highest BCUT2D eigenvalue weighted by Gasteiger charge is 2.30. The summed E-state index contributed by atoms with van der Waals surface area (Å²) in [6.07, 6.45) is 0.566. The largest absolute Gasteiger partial charge is 0.465 e. The van der Waals surface area contributed by atoms with E-state index >= 15 is 0 Å². The van der Waals surface area contributed by atoms with Gasteiger partial charge in [0.1, 0.15) is 5.54 Å². The molecule has 102 valence electrons. The van der Waals surface area contributed by atoms with Crippen molar-refractivity contribution in [3.63, 3.8) is 0 Å². The Morgan fingerprint density at radius 3 is 2.59 bits per heavy atom. The van der Waals surface area contributed by atoms with E-state index in [1.54, 1.807) is 21.0 Å². The van der Waals surface area contributed by atoms with Crippen LogP contribution >= 0.6 is 0 Å². The SMILES string of the molecule is CCOC(=O)C(C)(N)CCN(C)C(C)COC. The van der Waals surface area contributed by atoms with Gasteiger partial charge in [0.15, 0.2) is 0 Å². The summed E-state index contributed by atoms with van der Waals surface area (Å²) in [7, 11) is 3.67. The molecule has 0 heterocycles. The average Bonchev–Trinajstić information content (AvgIpc) is 2.26. The van der Waals surface area contributed by atoms with Crippen molar-refractivity contribution in [1.82, 2.24) is 4.90 Å². The van der Waals surface area contributed by atoms with Crippen molar-refractivity contribution >= 4 is 5.97 Å². The first-order valence-electron chi connectivity index (χ1n) is 6.00. The van der Waals surface area contributed by atoms with Crippen LogP contribution in [0.1, 0.15) is 27.2 Å². The van der Waals surface area contributed by atoms with Crippen LogP contribution in [-0.2, 0) is 14.3 Å². The molecule has 0 aromatic carbocycles. The van der Waals surface area contributed by atoms with Crippen LogP contribution in [0.25, 0.3) is 0 Å². The highest BCUT2D eigenvalue weighted by atomic mass is 16.5. The molecule has 0 saturated carbocycles. The van der Waals surface area contributed by atoms with Crippen LogP contribution in [0.4, 0.5) is 0 Å². The summed E-state index contributed by atoms with van der Waals surface area (Å²) < 4.78 is 10.0. The van der Waals surface area contributed by atoms with E-state index in [2.05, 4.69) is 11.8 Å². The van der Waals surface area contributed by atoms with E-state index in [0.29, 0.717) is 25.7 Å². The Morgan fingerprint density at radius 1 is 1.53 bits per heavy atom. The number of ether oxygens (including phenoxy) is 2. The number of hydrogen-bond donors (Lipinski definition) is 1. The number of esters is 1. The van der Waals surface area contributed by atoms with Gasteiger partial charge in [0, 0.05) is 19.7 Å². The van der Waals surface area contributed by atoms with Crippen LogP contribution in [0.2, 0.25) is 0 Å². The molecule has 0 amide bonds. The number of carbonyl (C=O) groups is 1. The second kappa shape index (κ2) is 7.63. The quantitative estimate of drug-likeness (QED) is 0.636. The van der Waals surface area contributed by atoms with Gasteiger partial charge in [-0.2, -0.15) is 0 Å². The van der Waals surface area contributed by atoms with E-state index < -0.39 is 5.54 Å². The summed E-state index contributed by atoms with van der Waals surface area (Å²) in [6, 6.07) is 0.304. The van der Waals surface area contributed by atoms with Gasteiger partial charge in [-0.05, 0) is 34.2 Å². The highest BCUT2D eigenvalue weighted by Crippen LogP contribution is 2.10. The Bertz CT molecular complexity index is 232. The summed E-state index contributed by atoms with van der Waals surface area (Å²) in [6.45, 7) is 7.32. The van der Waals surface area contributed by atoms with E-state index in [4.69, 9.17) is 15.2 Å². The number of carbonyl (C=O) groups excluding carboxylic acids is 1. The molecule has 0 spiro atoms. The van der Waals surface area contributed by atoms with Crippen LogP contribution in [0.3, 0.4) is 0 Å². The maximum Gasteiger partial charge on any atom is 0.325 e. The van der Waals surface area contributed by atoms with Gasteiger partial charge in [0.2, 0.25) is 0 Å². The fourth-order valence-corrected chi connectivity index (χ4v) is 1.40. The average molecular weight is 246 g/mol. The Balaban J connectivity index is 4.12. The van der Waals surface area contributed by atoms with Crippen molar-refractivity contribution < 1.29 is 14.3 Å². The molecule has 5 heteroatoms. The van der Waals surface area contributed by atoms with Gasteiger partial charge >= 0.3 is 5.97 Å². The zero-order valence-electron chi connectivity index (χ0n) is 11.7. The van der Waals surface area contributed by atoms with Crippen LogP contribution in [0, 0.1) is 0 Å². The van der Waals surface area contributed by atoms with Crippen molar-refractivity contribution in [3.8, 4) is 0 Å². The summed E-state index contributed by atoms with van der Waals surface area (Å²) in [4.78, 5) is 13.7. The molecule has 5 nitrogen and oxygen atoms in total.